The van der Waals surface area contributed by atoms with Crippen molar-refractivity contribution in [3.05, 3.63) is 125 Å². The fraction of sp³-hybridized carbons (Fsp3) is 0.263. The third-order valence-electron chi connectivity index (χ3n) is 9.14. The molecule has 4 amide bonds. The number of aromatic hydroxyl groups is 3. The van der Waals surface area contributed by atoms with Crippen molar-refractivity contribution in [1.82, 2.24) is 20.2 Å². The number of nitrogens with one attached hydrogen (secondary N) is 1. The van der Waals surface area contributed by atoms with Crippen LogP contribution in [0.2, 0.25) is 0 Å². The summed E-state index contributed by atoms with van der Waals surface area (Å²) >= 11 is 0. The summed E-state index contributed by atoms with van der Waals surface area (Å²) in [7, 11) is 0. The Kier molecular flexibility index (Phi) is 10.4. The van der Waals surface area contributed by atoms with Gasteiger partial charge in [0.1, 0.15) is 29.3 Å². The number of hydrogen-bond acceptors (Lipinski definition) is 8. The molecule has 0 radical (unpaired) electrons. The Labute approximate surface area is 293 Å². The second kappa shape index (κ2) is 15.2. The lowest BCUT2D eigenvalue weighted by Gasteiger charge is -2.53. The first-order chi connectivity index (χ1) is 24.6. The van der Waals surface area contributed by atoms with E-state index in [1.807, 2.05) is 30.3 Å². The molecule has 2 saturated heterocycles. The molecule has 4 aromatic rings. The topological polar surface area (TPSA) is 180 Å². The van der Waals surface area contributed by atoms with Gasteiger partial charge in [-0.2, -0.15) is 5.06 Å². The molecule has 4 aromatic carbocycles. The van der Waals surface area contributed by atoms with Crippen LogP contribution in [0.15, 0.2) is 103 Å². The maximum atomic E-state index is 14.7. The number of hydroxylamine groups is 2. The van der Waals surface area contributed by atoms with Gasteiger partial charge in [-0.15, -0.1) is 0 Å². The summed E-state index contributed by atoms with van der Waals surface area (Å²) in [5.41, 5.74) is 2.83. The van der Waals surface area contributed by atoms with Crippen molar-refractivity contribution in [2.75, 3.05) is 13.1 Å². The Morgan fingerprint density at radius 1 is 0.725 bits per heavy atom. The Balaban J connectivity index is 1.35. The molecule has 51 heavy (non-hydrogen) atoms. The highest BCUT2D eigenvalue weighted by molar-refractivity contribution is 5.95. The normalized spacial score (nSPS) is 19.4. The summed E-state index contributed by atoms with van der Waals surface area (Å²) in [5, 5.41) is 43.5. The first kappa shape index (κ1) is 34.8. The average molecular weight is 695 g/mol. The molecule has 2 aliphatic heterocycles. The minimum Gasteiger partial charge on any atom is -0.508 e. The van der Waals surface area contributed by atoms with Gasteiger partial charge in [0, 0.05) is 25.8 Å². The molecule has 264 valence electrons. The first-order valence-electron chi connectivity index (χ1n) is 16.5. The fourth-order valence-electron chi connectivity index (χ4n) is 6.54. The molecule has 0 spiro atoms. The molecule has 13 heteroatoms. The predicted molar refractivity (Wildman–Crippen MR) is 183 cm³/mol. The van der Waals surface area contributed by atoms with Gasteiger partial charge >= 0.3 is 6.09 Å². The summed E-state index contributed by atoms with van der Waals surface area (Å²) < 4.78 is 0. The number of carbonyl (C=O) groups is 4. The van der Waals surface area contributed by atoms with E-state index in [0.717, 1.165) is 5.56 Å². The molecule has 2 aliphatic rings. The van der Waals surface area contributed by atoms with E-state index < -0.39 is 48.2 Å². The fourth-order valence-corrected chi connectivity index (χ4v) is 6.54. The van der Waals surface area contributed by atoms with E-state index in [4.69, 9.17) is 4.84 Å². The van der Waals surface area contributed by atoms with Gasteiger partial charge in [0.2, 0.25) is 11.8 Å². The van der Waals surface area contributed by atoms with Crippen LogP contribution in [0.3, 0.4) is 0 Å². The van der Waals surface area contributed by atoms with E-state index in [9.17, 15) is 39.6 Å². The van der Waals surface area contributed by atoms with Crippen molar-refractivity contribution < 1.29 is 44.4 Å². The third kappa shape index (κ3) is 8.05. The van der Waals surface area contributed by atoms with Crippen molar-refractivity contribution in [2.24, 2.45) is 0 Å². The molecule has 0 aromatic heterocycles. The number of benzene rings is 4. The molecular weight excluding hydrogens is 656 g/mol. The molecule has 0 bridgehead atoms. The van der Waals surface area contributed by atoms with Gasteiger partial charge in [0.05, 0.1) is 6.54 Å². The highest BCUT2D eigenvalue weighted by Gasteiger charge is 2.54. The van der Waals surface area contributed by atoms with Gasteiger partial charge in [0.15, 0.2) is 12.3 Å². The number of rotatable bonds is 11. The van der Waals surface area contributed by atoms with E-state index in [2.05, 4.69) is 5.32 Å². The van der Waals surface area contributed by atoms with Crippen LogP contribution < -0.4 is 5.32 Å². The predicted octanol–water partition coefficient (Wildman–Crippen LogP) is 3.22. The molecule has 13 nitrogen and oxygen atoms in total. The summed E-state index contributed by atoms with van der Waals surface area (Å²) in [6.07, 6.45) is -3.62. The molecule has 2 unspecified atom stereocenters. The zero-order valence-electron chi connectivity index (χ0n) is 27.5. The second-order valence-electron chi connectivity index (χ2n) is 12.6. The Bertz CT molecular complexity index is 1850. The SMILES string of the molecule is O=C(NCCc1ccccc1)C(Cc1ccc(O)cc1)N1CC2N(C(=O)O)O[C@H](Cc3ccc(O)cc3)C(=O)N2[C@@H](Cc2ccc(O)cc2)C1=O. The van der Waals surface area contributed by atoms with E-state index in [-0.39, 0.29) is 49.6 Å². The van der Waals surface area contributed by atoms with Gasteiger partial charge in [-0.3, -0.25) is 19.2 Å². The van der Waals surface area contributed by atoms with Gasteiger partial charge in [-0.05, 0) is 65.1 Å². The smallest absolute Gasteiger partial charge is 0.433 e. The van der Waals surface area contributed by atoms with Gasteiger partial charge in [-0.25, -0.2) is 4.79 Å². The minimum absolute atomic E-state index is 0.00261. The number of phenolic OH excluding ortho intramolecular Hbond substituents is 3. The molecule has 6 rings (SSSR count). The molecule has 0 saturated carbocycles. The summed E-state index contributed by atoms with van der Waals surface area (Å²) in [6.45, 7) is -0.0883. The number of nitrogens with zero attached hydrogens (tertiary/aromatic N) is 3. The molecule has 0 aliphatic carbocycles. The lowest BCUT2D eigenvalue weighted by molar-refractivity contribution is -0.265. The van der Waals surface area contributed by atoms with E-state index in [1.165, 1.54) is 46.2 Å². The maximum Gasteiger partial charge on any atom is 0.433 e. The van der Waals surface area contributed by atoms with Crippen molar-refractivity contribution >= 4 is 23.8 Å². The number of hydrogen-bond donors (Lipinski definition) is 5. The van der Waals surface area contributed by atoms with Crippen LogP contribution in [0.25, 0.3) is 0 Å². The Hall–Kier alpha value is -6.08. The van der Waals surface area contributed by atoms with Crippen LogP contribution in [0.4, 0.5) is 4.79 Å². The van der Waals surface area contributed by atoms with Crippen LogP contribution in [-0.2, 0) is 44.9 Å². The maximum absolute atomic E-state index is 14.7. The molecular formula is C38H38N4O9. The second-order valence-corrected chi connectivity index (χ2v) is 12.6. The summed E-state index contributed by atoms with van der Waals surface area (Å²) in [5.74, 6) is -1.60. The highest BCUT2D eigenvalue weighted by Crippen LogP contribution is 2.32. The van der Waals surface area contributed by atoms with E-state index in [0.29, 0.717) is 28.2 Å². The van der Waals surface area contributed by atoms with Crippen LogP contribution in [0.1, 0.15) is 22.3 Å². The quantitative estimate of drug-likeness (QED) is 0.158. The van der Waals surface area contributed by atoms with Crippen molar-refractivity contribution in [3.63, 3.8) is 0 Å². The average Bonchev–Trinajstić information content (AvgIpc) is 3.12. The van der Waals surface area contributed by atoms with E-state index >= 15 is 0 Å². The number of carboxylic acid groups (broad SMARTS) is 1. The largest absolute Gasteiger partial charge is 0.508 e. The van der Waals surface area contributed by atoms with Crippen LogP contribution in [-0.4, -0.2) is 96.5 Å². The molecule has 2 fully saturated rings. The van der Waals surface area contributed by atoms with Gasteiger partial charge in [-0.1, -0.05) is 66.7 Å². The van der Waals surface area contributed by atoms with Crippen molar-refractivity contribution in [3.8, 4) is 17.2 Å². The summed E-state index contributed by atoms with van der Waals surface area (Å²) in [4.78, 5) is 64.1. The zero-order valence-corrected chi connectivity index (χ0v) is 27.5. The van der Waals surface area contributed by atoms with Crippen molar-refractivity contribution in [1.29, 1.82) is 0 Å². The van der Waals surface area contributed by atoms with Crippen molar-refractivity contribution in [2.45, 2.75) is 50.0 Å². The number of amides is 4. The Morgan fingerprint density at radius 2 is 1.27 bits per heavy atom. The molecule has 5 N–H and O–H groups in total. The zero-order chi connectivity index (χ0) is 36.1. The molecule has 2 heterocycles. The Morgan fingerprint density at radius 3 is 1.84 bits per heavy atom. The first-order valence-corrected chi connectivity index (χ1v) is 16.5. The lowest BCUT2D eigenvalue weighted by atomic mass is 9.94. The van der Waals surface area contributed by atoms with E-state index in [1.54, 1.807) is 36.4 Å². The molecule has 4 atom stereocenters. The number of fused-ring (bicyclic) bond motifs is 1. The summed E-state index contributed by atoms with van der Waals surface area (Å²) in [6, 6.07) is 25.6. The number of piperazine rings is 1. The van der Waals surface area contributed by atoms with Crippen LogP contribution in [0.5, 0.6) is 17.2 Å². The standard InChI is InChI=1S/C38H38N4O9/c43-28-12-6-25(7-13-28)20-31(35(46)39-19-18-24-4-2-1-3-5-24)40-23-34-41(32(36(40)47)21-26-8-14-29(44)15-9-26)37(48)33(51-42(34)38(49)50)22-27-10-16-30(45)17-11-27/h1-17,31-34,43-45H,18-23H2,(H,39,46)(H,49,50)/t31?,32-,33+,34?/m0/s1. The number of phenols is 3. The monoisotopic (exact) mass is 694 g/mol. The van der Waals surface area contributed by atoms with Crippen LogP contribution in [0, 0.1) is 0 Å². The van der Waals surface area contributed by atoms with Gasteiger partial charge in [0.25, 0.3) is 5.91 Å². The number of carbonyl (C=O) groups excluding carboxylic acids is 3. The van der Waals surface area contributed by atoms with Crippen LogP contribution >= 0.6 is 0 Å². The minimum atomic E-state index is -1.49. The highest BCUT2D eigenvalue weighted by atomic mass is 16.7. The van der Waals surface area contributed by atoms with Gasteiger partial charge < -0.3 is 35.5 Å². The lowest BCUT2D eigenvalue weighted by Crippen LogP contribution is -2.75. The third-order valence-corrected chi connectivity index (χ3v) is 9.14.